The monoisotopic (exact) mass is 679 g/mol. The Bertz CT molecular complexity index is 2260. The number of amides is 1. The molecule has 0 unspecified atom stereocenters. The molecule has 6 aromatic rings. The van der Waals surface area contributed by atoms with Gasteiger partial charge < -0.3 is 23.7 Å². The van der Waals surface area contributed by atoms with Crippen LogP contribution in [0.1, 0.15) is 48.0 Å². The van der Waals surface area contributed by atoms with Crippen LogP contribution in [0.5, 0.6) is 17.2 Å². The molecule has 5 aromatic carbocycles. The summed E-state index contributed by atoms with van der Waals surface area (Å²) in [7, 11) is 0. The van der Waals surface area contributed by atoms with Gasteiger partial charge in [0.2, 0.25) is 5.76 Å². The number of nitrogens with one attached hydrogen (secondary N) is 1. The summed E-state index contributed by atoms with van der Waals surface area (Å²) in [6.07, 6.45) is 1.37. The van der Waals surface area contributed by atoms with Crippen molar-refractivity contribution < 1.29 is 38.1 Å². The zero-order valence-electron chi connectivity index (χ0n) is 26.9. The Morgan fingerprint density at radius 1 is 0.745 bits per heavy atom. The summed E-state index contributed by atoms with van der Waals surface area (Å²) in [4.78, 5) is 39.6. The number of esters is 2. The summed E-state index contributed by atoms with van der Waals surface area (Å²) in [6, 6.07) is 37.2. The number of benzene rings is 5. The molecule has 0 aliphatic rings. The number of nitrogens with zero attached hydrogens (tertiary/aromatic N) is 1. The molecular formula is C40H29N3O8. The number of hydrogen-bond acceptors (Lipinski definition) is 10. The van der Waals surface area contributed by atoms with Gasteiger partial charge in [-0.3, -0.25) is 10.2 Å². The van der Waals surface area contributed by atoms with Crippen LogP contribution in [-0.2, 0) is 18.0 Å². The van der Waals surface area contributed by atoms with Crippen molar-refractivity contribution >= 4 is 17.8 Å². The molecule has 11 nitrogen and oxygen atoms in total. The molecule has 51 heavy (non-hydrogen) atoms. The fourth-order valence-electron chi connectivity index (χ4n) is 5.35. The molecule has 1 heterocycles. The molecule has 1 amide bonds. The number of phenols is 1. The summed E-state index contributed by atoms with van der Waals surface area (Å²) in [5.41, 5.74) is 4.13. The van der Waals surface area contributed by atoms with E-state index in [1.54, 1.807) is 48.5 Å². The summed E-state index contributed by atoms with van der Waals surface area (Å²) in [5, 5.41) is 19.7. The third-order valence-electron chi connectivity index (χ3n) is 7.80. The van der Waals surface area contributed by atoms with Crippen molar-refractivity contribution in [3.63, 3.8) is 0 Å². The van der Waals surface area contributed by atoms with Gasteiger partial charge >= 0.3 is 11.9 Å². The second-order valence-corrected chi connectivity index (χ2v) is 11.1. The number of carbonyl (C=O) groups is 3. The van der Waals surface area contributed by atoms with Gasteiger partial charge in [0.05, 0.1) is 11.1 Å². The van der Waals surface area contributed by atoms with E-state index in [9.17, 15) is 24.8 Å². The highest BCUT2D eigenvalue weighted by Crippen LogP contribution is 2.40. The van der Waals surface area contributed by atoms with E-state index in [-0.39, 0.29) is 5.76 Å². The Morgan fingerprint density at radius 2 is 1.33 bits per heavy atom. The first-order valence-electron chi connectivity index (χ1n) is 15.6. The van der Waals surface area contributed by atoms with Crippen molar-refractivity contribution in [2.75, 3.05) is 0 Å². The van der Waals surface area contributed by atoms with Gasteiger partial charge in [0, 0.05) is 11.1 Å². The second-order valence-electron chi connectivity index (χ2n) is 11.1. The first kappa shape index (κ1) is 33.7. The highest BCUT2D eigenvalue weighted by Gasteiger charge is 2.30. The molecular weight excluding hydrogens is 650 g/mol. The van der Waals surface area contributed by atoms with Crippen LogP contribution < -0.4 is 20.7 Å². The second kappa shape index (κ2) is 15.4. The number of rotatable bonds is 11. The number of nitrogen functional groups attached to an aromatic ring is 1. The number of hydrogen-bond donors (Lipinski definition) is 3. The third kappa shape index (κ3) is 7.62. The largest absolute Gasteiger partial charge is 0.507 e. The lowest BCUT2D eigenvalue weighted by Gasteiger charge is -2.12. The van der Waals surface area contributed by atoms with E-state index in [4.69, 9.17) is 24.5 Å². The number of nitriles is 1. The molecule has 0 bridgehead atoms. The molecule has 0 atom stereocenters. The van der Waals surface area contributed by atoms with E-state index in [0.29, 0.717) is 47.0 Å². The molecule has 0 fully saturated rings. The molecule has 0 aliphatic heterocycles. The number of nitrogens with two attached hydrogens (primary N) is 1. The summed E-state index contributed by atoms with van der Waals surface area (Å²) in [5.74, 6) is 1.93. The molecule has 0 aliphatic carbocycles. The zero-order valence-corrected chi connectivity index (χ0v) is 26.9. The van der Waals surface area contributed by atoms with Gasteiger partial charge in [-0.05, 0) is 58.7 Å². The standard InChI is InChI=1S/C40H29N3O8/c41-21-32-34(44)18-17-31(36(32)38(45)43-42)39(46)51-40(47)37-35(28-14-8-16-30(20-28)49-23-26-11-5-2-6-12-26)33(24-50-37)27-13-7-15-29(19-27)48-22-25-9-3-1-4-10-25/h1-20,24,44H,22-23,42H2,(H,43,45). The zero-order chi connectivity index (χ0) is 35.7. The minimum absolute atomic E-state index is 0.293. The Labute approximate surface area is 292 Å². The lowest BCUT2D eigenvalue weighted by Crippen LogP contribution is -2.32. The fourth-order valence-corrected chi connectivity index (χ4v) is 5.35. The van der Waals surface area contributed by atoms with Crippen molar-refractivity contribution in [1.29, 1.82) is 5.26 Å². The highest BCUT2D eigenvalue weighted by atomic mass is 16.6. The number of phenolic OH excluding ortho intramolecular Hbond substituents is 1. The van der Waals surface area contributed by atoms with Crippen LogP contribution in [0.4, 0.5) is 0 Å². The molecule has 1 aromatic heterocycles. The van der Waals surface area contributed by atoms with E-state index >= 15 is 0 Å². The van der Waals surface area contributed by atoms with Crippen molar-refractivity contribution in [2.45, 2.75) is 13.2 Å². The molecule has 0 spiro atoms. The van der Waals surface area contributed by atoms with Gasteiger partial charge in [0.25, 0.3) is 5.91 Å². The maximum atomic E-state index is 13.7. The molecule has 6 rings (SSSR count). The SMILES string of the molecule is N#Cc1c(O)ccc(C(=O)OC(=O)c2occ(-c3cccc(OCc4ccccc4)c3)c2-c2cccc(OCc3ccccc3)c2)c1C(=O)NN. The molecule has 0 saturated heterocycles. The summed E-state index contributed by atoms with van der Waals surface area (Å²) < 4.78 is 23.1. The van der Waals surface area contributed by atoms with E-state index in [1.807, 2.05) is 72.2 Å². The van der Waals surface area contributed by atoms with E-state index in [2.05, 4.69) is 0 Å². The van der Waals surface area contributed by atoms with Gasteiger partial charge in [-0.15, -0.1) is 0 Å². The predicted molar refractivity (Wildman–Crippen MR) is 185 cm³/mol. The van der Waals surface area contributed by atoms with Crippen LogP contribution in [0.25, 0.3) is 22.3 Å². The van der Waals surface area contributed by atoms with Crippen LogP contribution in [0, 0.1) is 11.3 Å². The van der Waals surface area contributed by atoms with E-state index in [0.717, 1.165) is 23.3 Å². The Balaban J connectivity index is 1.37. The number of ether oxygens (including phenoxy) is 3. The van der Waals surface area contributed by atoms with Crippen LogP contribution in [-0.4, -0.2) is 23.0 Å². The molecule has 11 heteroatoms. The van der Waals surface area contributed by atoms with Gasteiger partial charge in [0.15, 0.2) is 0 Å². The average molecular weight is 680 g/mol. The quantitative estimate of drug-likeness (QED) is 0.0427. The van der Waals surface area contributed by atoms with Crippen LogP contribution in [0.3, 0.4) is 0 Å². The van der Waals surface area contributed by atoms with Crippen LogP contribution in [0.2, 0.25) is 0 Å². The lowest BCUT2D eigenvalue weighted by molar-refractivity contribution is 0.0374. The smallest absolute Gasteiger partial charge is 0.382 e. The van der Waals surface area contributed by atoms with Crippen molar-refractivity contribution in [3.8, 4) is 45.6 Å². The maximum absolute atomic E-state index is 13.7. The van der Waals surface area contributed by atoms with E-state index < -0.39 is 40.3 Å². The molecule has 0 saturated carbocycles. The topological polar surface area (TPSA) is 174 Å². The lowest BCUT2D eigenvalue weighted by atomic mass is 9.96. The predicted octanol–water partition coefficient (Wildman–Crippen LogP) is 6.95. The summed E-state index contributed by atoms with van der Waals surface area (Å²) >= 11 is 0. The highest BCUT2D eigenvalue weighted by molar-refractivity contribution is 6.12. The summed E-state index contributed by atoms with van der Waals surface area (Å²) in [6.45, 7) is 0.626. The minimum atomic E-state index is -1.28. The fraction of sp³-hybridized carbons (Fsp3) is 0.0500. The normalized spacial score (nSPS) is 10.5. The maximum Gasteiger partial charge on any atom is 0.382 e. The van der Waals surface area contributed by atoms with Gasteiger partial charge in [-0.25, -0.2) is 15.4 Å². The third-order valence-corrected chi connectivity index (χ3v) is 7.80. The number of furan rings is 1. The van der Waals surface area contributed by atoms with Gasteiger partial charge in [-0.2, -0.15) is 5.26 Å². The Morgan fingerprint density at radius 3 is 1.92 bits per heavy atom. The Kier molecular flexibility index (Phi) is 10.2. The van der Waals surface area contributed by atoms with Gasteiger partial charge in [0.1, 0.15) is 48.4 Å². The Hall–Kier alpha value is -7.16. The van der Waals surface area contributed by atoms with E-state index in [1.165, 1.54) is 6.26 Å². The van der Waals surface area contributed by atoms with Crippen molar-refractivity contribution in [3.05, 3.63) is 161 Å². The molecule has 0 radical (unpaired) electrons. The first-order valence-corrected chi connectivity index (χ1v) is 15.6. The van der Waals surface area contributed by atoms with Crippen LogP contribution >= 0.6 is 0 Å². The molecule has 252 valence electrons. The number of aromatic hydroxyl groups is 1. The van der Waals surface area contributed by atoms with Crippen LogP contribution in [0.15, 0.2) is 132 Å². The average Bonchev–Trinajstić information content (AvgIpc) is 3.62. The van der Waals surface area contributed by atoms with Crippen molar-refractivity contribution in [1.82, 2.24) is 5.43 Å². The number of carbonyl (C=O) groups excluding carboxylic acids is 3. The first-order chi connectivity index (χ1) is 24.9. The van der Waals surface area contributed by atoms with Gasteiger partial charge in [-0.1, -0.05) is 84.9 Å². The molecule has 4 N–H and O–H groups in total. The minimum Gasteiger partial charge on any atom is -0.507 e. The van der Waals surface area contributed by atoms with Crippen molar-refractivity contribution in [2.24, 2.45) is 5.84 Å². The number of hydrazine groups is 1.